The van der Waals surface area contributed by atoms with Gasteiger partial charge in [-0.1, -0.05) is 0 Å². The lowest BCUT2D eigenvalue weighted by Gasteiger charge is -1.97. The van der Waals surface area contributed by atoms with Gasteiger partial charge in [-0.2, -0.15) is 14.5 Å². The SMILES string of the molecule is O=C(CCn1ccc([N+](=O)[O-])n1)NN=Cc1ccc(Cn2cc(Br)c([N+](=O)[O-])n2)o1. The van der Waals surface area contributed by atoms with E-state index in [9.17, 15) is 25.0 Å². The Morgan fingerprint density at radius 1 is 1.23 bits per heavy atom. The number of furan rings is 1. The van der Waals surface area contributed by atoms with Gasteiger partial charge >= 0.3 is 11.6 Å². The zero-order chi connectivity index (χ0) is 21.7. The fourth-order valence-electron chi connectivity index (χ4n) is 2.31. The summed E-state index contributed by atoms with van der Waals surface area (Å²) in [4.78, 5) is 31.9. The first-order valence-corrected chi connectivity index (χ1v) is 9.07. The van der Waals surface area contributed by atoms with Gasteiger partial charge in [0.25, 0.3) is 0 Å². The number of hydrazone groups is 1. The molecule has 0 saturated heterocycles. The van der Waals surface area contributed by atoms with Crippen molar-refractivity contribution in [3.8, 4) is 0 Å². The molecular weight excluding hydrogens is 468 g/mol. The van der Waals surface area contributed by atoms with E-state index in [1.165, 1.54) is 34.0 Å². The molecule has 0 fully saturated rings. The highest BCUT2D eigenvalue weighted by Crippen LogP contribution is 2.22. The van der Waals surface area contributed by atoms with E-state index in [1.54, 1.807) is 12.1 Å². The Hall–Kier alpha value is -3.88. The van der Waals surface area contributed by atoms with Crippen LogP contribution in [-0.2, 0) is 17.9 Å². The molecule has 0 aromatic carbocycles. The third-order valence-corrected chi connectivity index (χ3v) is 4.19. The van der Waals surface area contributed by atoms with Crippen LogP contribution in [-0.4, -0.2) is 41.5 Å². The first kappa shape index (κ1) is 20.8. The van der Waals surface area contributed by atoms with E-state index in [0.717, 1.165) is 0 Å². The highest BCUT2D eigenvalue weighted by Gasteiger charge is 2.19. The lowest BCUT2D eigenvalue weighted by Crippen LogP contribution is -2.19. The fraction of sp³-hybridized carbons (Fsp3) is 0.200. The van der Waals surface area contributed by atoms with E-state index in [1.807, 2.05) is 0 Å². The van der Waals surface area contributed by atoms with Crippen LogP contribution in [0.25, 0.3) is 0 Å². The summed E-state index contributed by atoms with van der Waals surface area (Å²) in [5, 5.41) is 32.7. The standard InChI is InChI=1S/C15H13BrN8O6/c16-12-9-22(20-15(12)24(28)29)8-11-2-1-10(30-11)7-17-18-14(25)4-6-21-5-3-13(19-21)23(26)27/h1-3,5,7,9H,4,6,8H2,(H,18,25). The number of carbonyl (C=O) groups excluding carboxylic acids is 1. The Bertz CT molecular complexity index is 1120. The van der Waals surface area contributed by atoms with Crippen LogP contribution in [0, 0.1) is 20.2 Å². The van der Waals surface area contributed by atoms with E-state index in [0.29, 0.717) is 11.5 Å². The number of hydrogen-bond acceptors (Lipinski definition) is 9. The molecule has 14 nitrogen and oxygen atoms in total. The van der Waals surface area contributed by atoms with Crippen LogP contribution in [0.3, 0.4) is 0 Å². The van der Waals surface area contributed by atoms with Crippen molar-refractivity contribution in [2.24, 2.45) is 5.10 Å². The van der Waals surface area contributed by atoms with E-state index in [2.05, 4.69) is 36.7 Å². The van der Waals surface area contributed by atoms with Crippen molar-refractivity contribution in [2.45, 2.75) is 19.5 Å². The minimum atomic E-state index is -0.620. The number of nitrogens with zero attached hydrogens (tertiary/aromatic N) is 7. The van der Waals surface area contributed by atoms with Gasteiger partial charge in [0.15, 0.2) is 0 Å². The predicted octanol–water partition coefficient (Wildman–Crippen LogP) is 1.84. The Kier molecular flexibility index (Phi) is 6.31. The van der Waals surface area contributed by atoms with Crippen LogP contribution >= 0.6 is 15.9 Å². The summed E-state index contributed by atoms with van der Waals surface area (Å²) in [6.07, 6.45) is 4.18. The van der Waals surface area contributed by atoms with Gasteiger partial charge in [-0.05, 0) is 37.9 Å². The molecule has 3 rings (SSSR count). The van der Waals surface area contributed by atoms with Crippen LogP contribution in [0.2, 0.25) is 0 Å². The van der Waals surface area contributed by atoms with E-state index < -0.39 is 15.8 Å². The highest BCUT2D eigenvalue weighted by atomic mass is 79.9. The van der Waals surface area contributed by atoms with E-state index in [4.69, 9.17) is 4.42 Å². The van der Waals surface area contributed by atoms with Crippen LogP contribution in [0.5, 0.6) is 0 Å². The smallest absolute Gasteiger partial charge is 0.404 e. The summed E-state index contributed by atoms with van der Waals surface area (Å²) in [6, 6.07) is 4.50. The van der Waals surface area contributed by atoms with Gasteiger partial charge in [0.2, 0.25) is 5.91 Å². The molecule has 0 atom stereocenters. The first-order chi connectivity index (χ1) is 14.3. The normalized spacial score (nSPS) is 11.1. The van der Waals surface area contributed by atoms with Crippen LogP contribution in [0.4, 0.5) is 11.6 Å². The van der Waals surface area contributed by atoms with Crippen LogP contribution < -0.4 is 5.43 Å². The molecule has 0 aliphatic rings. The van der Waals surface area contributed by atoms with Crippen molar-refractivity contribution in [3.63, 3.8) is 0 Å². The maximum atomic E-state index is 11.8. The van der Waals surface area contributed by atoms with Crippen molar-refractivity contribution in [1.82, 2.24) is 25.0 Å². The maximum absolute atomic E-state index is 11.8. The molecule has 1 N–H and O–H groups in total. The summed E-state index contributed by atoms with van der Waals surface area (Å²) in [5.74, 6) is -0.165. The highest BCUT2D eigenvalue weighted by molar-refractivity contribution is 9.10. The van der Waals surface area contributed by atoms with Crippen LogP contribution in [0.1, 0.15) is 17.9 Å². The molecule has 0 aliphatic carbocycles. The second kappa shape index (κ2) is 9.08. The Morgan fingerprint density at radius 3 is 2.70 bits per heavy atom. The third-order valence-electron chi connectivity index (χ3n) is 3.64. The number of nitrogens with one attached hydrogen (secondary N) is 1. The monoisotopic (exact) mass is 480 g/mol. The van der Waals surface area contributed by atoms with Crippen molar-refractivity contribution >= 4 is 39.7 Å². The zero-order valence-corrected chi connectivity index (χ0v) is 16.6. The van der Waals surface area contributed by atoms with Crippen molar-refractivity contribution in [3.05, 3.63) is 66.8 Å². The van der Waals surface area contributed by atoms with E-state index >= 15 is 0 Å². The van der Waals surface area contributed by atoms with Gasteiger partial charge in [0.05, 0.1) is 41.4 Å². The van der Waals surface area contributed by atoms with Gasteiger partial charge in [-0.15, -0.1) is 0 Å². The number of carbonyl (C=O) groups is 1. The molecule has 0 unspecified atom stereocenters. The number of aromatic nitrogens is 4. The average Bonchev–Trinajstić information content (AvgIpc) is 3.40. The molecule has 3 aromatic rings. The molecule has 15 heteroatoms. The number of rotatable bonds is 9. The fourth-order valence-corrected chi connectivity index (χ4v) is 2.77. The summed E-state index contributed by atoms with van der Waals surface area (Å²) in [5.41, 5.74) is 2.31. The summed E-state index contributed by atoms with van der Waals surface area (Å²) < 4.78 is 8.41. The van der Waals surface area contributed by atoms with Gasteiger partial charge in [0, 0.05) is 6.42 Å². The Labute approximate surface area is 175 Å². The molecule has 0 spiro atoms. The number of nitro groups is 2. The predicted molar refractivity (Wildman–Crippen MR) is 104 cm³/mol. The largest absolute Gasteiger partial charge is 0.458 e. The van der Waals surface area contributed by atoms with Crippen molar-refractivity contribution in [1.29, 1.82) is 0 Å². The lowest BCUT2D eigenvalue weighted by molar-refractivity contribution is -0.390. The minimum Gasteiger partial charge on any atom is -0.458 e. The zero-order valence-electron chi connectivity index (χ0n) is 15.0. The summed E-state index contributed by atoms with van der Waals surface area (Å²) in [6.45, 7) is 0.328. The summed E-state index contributed by atoms with van der Waals surface area (Å²) >= 11 is 3.07. The number of halogens is 1. The van der Waals surface area contributed by atoms with Crippen molar-refractivity contribution in [2.75, 3.05) is 0 Å². The molecule has 0 radical (unpaired) electrons. The van der Waals surface area contributed by atoms with Gasteiger partial charge in [-0.3, -0.25) is 4.79 Å². The molecule has 3 aromatic heterocycles. The van der Waals surface area contributed by atoms with Crippen molar-refractivity contribution < 1.29 is 19.1 Å². The molecule has 0 bridgehead atoms. The molecule has 30 heavy (non-hydrogen) atoms. The summed E-state index contributed by atoms with van der Waals surface area (Å²) in [7, 11) is 0. The Morgan fingerprint density at radius 2 is 2.03 bits per heavy atom. The van der Waals surface area contributed by atoms with E-state index in [-0.39, 0.29) is 35.6 Å². The average molecular weight is 481 g/mol. The number of amides is 1. The van der Waals surface area contributed by atoms with Crippen LogP contribution in [0.15, 0.2) is 44.6 Å². The number of hydrogen-bond donors (Lipinski definition) is 1. The second-order valence-corrected chi connectivity index (χ2v) is 6.65. The molecule has 1 amide bonds. The van der Waals surface area contributed by atoms with Gasteiger partial charge < -0.3 is 24.6 Å². The maximum Gasteiger partial charge on any atom is 0.404 e. The molecular formula is C15H13BrN8O6. The molecule has 156 valence electrons. The van der Waals surface area contributed by atoms with Gasteiger partial charge in [0.1, 0.15) is 22.5 Å². The molecule has 0 saturated carbocycles. The second-order valence-electron chi connectivity index (χ2n) is 5.80. The topological polar surface area (TPSA) is 177 Å². The number of aryl methyl sites for hydroxylation is 1. The molecule has 3 heterocycles. The third kappa shape index (κ3) is 5.34. The quantitative estimate of drug-likeness (QED) is 0.273. The van der Waals surface area contributed by atoms with Gasteiger partial charge in [-0.25, -0.2) is 5.43 Å². The Balaban J connectivity index is 1.47. The lowest BCUT2D eigenvalue weighted by atomic mass is 10.4. The minimum absolute atomic E-state index is 0.0204. The molecule has 0 aliphatic heterocycles. The first-order valence-electron chi connectivity index (χ1n) is 8.27.